The standard InChI is InChI=1S/C23H19NO3/c1-27-20-14-12-19(13-15-20)24-21(23(26)18-10-6-3-7-11-18)16-22(25)17-8-4-2-5-9-17/h2-16,24H,1H3/b21-16-. The zero-order valence-corrected chi connectivity index (χ0v) is 14.9. The van der Waals surface area contributed by atoms with E-state index < -0.39 is 0 Å². The summed E-state index contributed by atoms with van der Waals surface area (Å²) < 4.78 is 5.15. The Morgan fingerprint density at radius 2 is 1.33 bits per heavy atom. The predicted molar refractivity (Wildman–Crippen MR) is 106 cm³/mol. The largest absolute Gasteiger partial charge is 0.497 e. The van der Waals surface area contributed by atoms with Crippen LogP contribution >= 0.6 is 0 Å². The lowest BCUT2D eigenvalue weighted by atomic mass is 10.0. The monoisotopic (exact) mass is 357 g/mol. The number of hydrogen-bond donors (Lipinski definition) is 1. The number of allylic oxidation sites excluding steroid dienone is 2. The highest BCUT2D eigenvalue weighted by molar-refractivity contribution is 6.16. The van der Waals surface area contributed by atoms with Crippen LogP contribution in [0.3, 0.4) is 0 Å². The summed E-state index contributed by atoms with van der Waals surface area (Å²) in [5, 5.41) is 3.06. The number of nitrogens with one attached hydrogen (secondary N) is 1. The van der Waals surface area contributed by atoms with Crippen LogP contribution in [0, 0.1) is 0 Å². The van der Waals surface area contributed by atoms with E-state index >= 15 is 0 Å². The SMILES string of the molecule is COc1ccc(N/C(=C\C(=O)c2ccccc2)C(=O)c2ccccc2)cc1. The van der Waals surface area contributed by atoms with Gasteiger partial charge in [0.25, 0.3) is 0 Å². The van der Waals surface area contributed by atoms with Crippen LogP contribution in [0.5, 0.6) is 5.75 Å². The maximum absolute atomic E-state index is 12.9. The van der Waals surface area contributed by atoms with Gasteiger partial charge in [0.2, 0.25) is 5.78 Å². The van der Waals surface area contributed by atoms with Gasteiger partial charge in [0.15, 0.2) is 5.78 Å². The predicted octanol–water partition coefficient (Wildman–Crippen LogP) is 4.76. The number of Topliss-reactive ketones (excluding diaryl/α,β-unsaturated/α-hetero) is 1. The summed E-state index contributed by atoms with van der Waals surface area (Å²) in [7, 11) is 1.59. The molecule has 0 bridgehead atoms. The number of ketones is 2. The highest BCUT2D eigenvalue weighted by Gasteiger charge is 2.15. The van der Waals surface area contributed by atoms with Gasteiger partial charge in [-0.15, -0.1) is 0 Å². The lowest BCUT2D eigenvalue weighted by molar-refractivity contribution is 0.101. The first kappa shape index (κ1) is 18.1. The Morgan fingerprint density at radius 3 is 1.89 bits per heavy atom. The number of hydrogen-bond acceptors (Lipinski definition) is 4. The molecule has 3 aromatic rings. The molecular formula is C23H19NO3. The van der Waals surface area contributed by atoms with Crippen molar-refractivity contribution in [2.24, 2.45) is 0 Å². The molecule has 4 nitrogen and oxygen atoms in total. The molecule has 0 atom stereocenters. The molecule has 0 amide bonds. The Kier molecular flexibility index (Phi) is 5.80. The molecular weight excluding hydrogens is 338 g/mol. The fourth-order valence-corrected chi connectivity index (χ4v) is 2.55. The van der Waals surface area contributed by atoms with Crippen molar-refractivity contribution in [1.82, 2.24) is 0 Å². The van der Waals surface area contributed by atoms with Crippen LogP contribution in [0.1, 0.15) is 20.7 Å². The van der Waals surface area contributed by atoms with Gasteiger partial charge in [-0.1, -0.05) is 60.7 Å². The molecule has 0 aliphatic rings. The summed E-state index contributed by atoms with van der Waals surface area (Å²) in [6.07, 6.45) is 1.34. The Morgan fingerprint density at radius 1 is 0.778 bits per heavy atom. The molecule has 3 aromatic carbocycles. The van der Waals surface area contributed by atoms with Gasteiger partial charge in [0, 0.05) is 22.9 Å². The van der Waals surface area contributed by atoms with E-state index in [1.807, 2.05) is 12.1 Å². The van der Waals surface area contributed by atoms with Crippen molar-refractivity contribution < 1.29 is 14.3 Å². The van der Waals surface area contributed by atoms with Gasteiger partial charge >= 0.3 is 0 Å². The molecule has 0 aliphatic heterocycles. The Labute approximate surface area is 158 Å². The highest BCUT2D eigenvalue weighted by Crippen LogP contribution is 2.19. The van der Waals surface area contributed by atoms with Crippen molar-refractivity contribution in [2.75, 3.05) is 12.4 Å². The maximum Gasteiger partial charge on any atom is 0.209 e. The van der Waals surface area contributed by atoms with E-state index in [1.54, 1.807) is 79.9 Å². The van der Waals surface area contributed by atoms with E-state index in [9.17, 15) is 9.59 Å². The number of methoxy groups -OCH3 is 1. The van der Waals surface area contributed by atoms with Crippen LogP contribution in [0.25, 0.3) is 0 Å². The Bertz CT molecular complexity index is 946. The second-order valence-corrected chi connectivity index (χ2v) is 5.84. The molecule has 0 radical (unpaired) electrons. The van der Waals surface area contributed by atoms with E-state index in [0.29, 0.717) is 22.6 Å². The number of ether oxygens (including phenoxy) is 1. The summed E-state index contributed by atoms with van der Waals surface area (Å²) in [6, 6.07) is 24.9. The Hall–Kier alpha value is -3.66. The fraction of sp³-hybridized carbons (Fsp3) is 0.0435. The van der Waals surface area contributed by atoms with Gasteiger partial charge in [-0.25, -0.2) is 0 Å². The molecule has 0 aliphatic carbocycles. The molecule has 134 valence electrons. The minimum atomic E-state index is -0.254. The normalized spacial score (nSPS) is 10.9. The second-order valence-electron chi connectivity index (χ2n) is 5.84. The van der Waals surface area contributed by atoms with Gasteiger partial charge in [-0.3, -0.25) is 9.59 Å². The van der Waals surface area contributed by atoms with E-state index in [2.05, 4.69) is 5.32 Å². The van der Waals surface area contributed by atoms with E-state index in [0.717, 1.165) is 0 Å². The minimum absolute atomic E-state index is 0.209. The van der Waals surface area contributed by atoms with Crippen LogP contribution in [0.4, 0.5) is 5.69 Å². The zero-order valence-electron chi connectivity index (χ0n) is 14.9. The molecule has 3 rings (SSSR count). The van der Waals surface area contributed by atoms with Crippen LogP contribution in [-0.4, -0.2) is 18.7 Å². The molecule has 0 saturated heterocycles. The zero-order chi connectivity index (χ0) is 19.1. The quantitative estimate of drug-likeness (QED) is 0.489. The second kappa shape index (κ2) is 8.63. The molecule has 0 unspecified atom stereocenters. The summed E-state index contributed by atoms with van der Waals surface area (Å²) in [4.78, 5) is 25.5. The first-order valence-electron chi connectivity index (χ1n) is 8.49. The van der Waals surface area contributed by atoms with Crippen molar-refractivity contribution >= 4 is 17.3 Å². The molecule has 0 heterocycles. The van der Waals surface area contributed by atoms with Crippen molar-refractivity contribution in [3.63, 3.8) is 0 Å². The van der Waals surface area contributed by atoms with Crippen LogP contribution < -0.4 is 10.1 Å². The minimum Gasteiger partial charge on any atom is -0.497 e. The molecule has 1 N–H and O–H groups in total. The van der Waals surface area contributed by atoms with Crippen molar-refractivity contribution in [3.8, 4) is 5.75 Å². The lowest BCUT2D eigenvalue weighted by Crippen LogP contribution is -2.14. The van der Waals surface area contributed by atoms with Gasteiger partial charge in [0.05, 0.1) is 12.8 Å². The first-order chi connectivity index (χ1) is 13.2. The summed E-state index contributed by atoms with van der Waals surface area (Å²) in [5.41, 5.74) is 1.92. The molecule has 0 spiro atoms. The van der Waals surface area contributed by atoms with Gasteiger partial charge < -0.3 is 10.1 Å². The van der Waals surface area contributed by atoms with Crippen molar-refractivity contribution in [1.29, 1.82) is 0 Å². The summed E-state index contributed by atoms with van der Waals surface area (Å²) in [6.45, 7) is 0. The van der Waals surface area contributed by atoms with Gasteiger partial charge in [0.1, 0.15) is 5.75 Å². The number of carbonyl (C=O) groups is 2. The molecule has 27 heavy (non-hydrogen) atoms. The molecule has 0 aromatic heterocycles. The average molecular weight is 357 g/mol. The average Bonchev–Trinajstić information content (AvgIpc) is 2.74. The van der Waals surface area contributed by atoms with Crippen LogP contribution in [-0.2, 0) is 0 Å². The molecule has 4 heteroatoms. The third-order valence-electron chi connectivity index (χ3n) is 3.98. The van der Waals surface area contributed by atoms with E-state index in [1.165, 1.54) is 6.08 Å². The first-order valence-corrected chi connectivity index (χ1v) is 8.49. The van der Waals surface area contributed by atoms with E-state index in [-0.39, 0.29) is 17.3 Å². The molecule has 0 saturated carbocycles. The third-order valence-corrected chi connectivity index (χ3v) is 3.98. The maximum atomic E-state index is 12.9. The Balaban J connectivity index is 1.93. The van der Waals surface area contributed by atoms with Crippen molar-refractivity contribution in [2.45, 2.75) is 0 Å². The smallest absolute Gasteiger partial charge is 0.209 e. The number of anilines is 1. The topological polar surface area (TPSA) is 55.4 Å². The summed E-state index contributed by atoms with van der Waals surface area (Å²) >= 11 is 0. The van der Waals surface area contributed by atoms with Crippen LogP contribution in [0.15, 0.2) is 96.7 Å². The van der Waals surface area contributed by atoms with Gasteiger partial charge in [-0.05, 0) is 24.3 Å². The van der Waals surface area contributed by atoms with E-state index in [4.69, 9.17) is 4.74 Å². The summed E-state index contributed by atoms with van der Waals surface area (Å²) in [5.74, 6) is 0.215. The lowest BCUT2D eigenvalue weighted by Gasteiger charge is -2.11. The fourth-order valence-electron chi connectivity index (χ4n) is 2.55. The number of benzene rings is 3. The van der Waals surface area contributed by atoms with Crippen molar-refractivity contribution in [3.05, 3.63) is 108 Å². The van der Waals surface area contributed by atoms with Crippen LogP contribution in [0.2, 0.25) is 0 Å². The number of carbonyl (C=O) groups excluding carboxylic acids is 2. The molecule has 0 fully saturated rings. The third kappa shape index (κ3) is 4.70. The highest BCUT2D eigenvalue weighted by atomic mass is 16.5. The van der Waals surface area contributed by atoms with Gasteiger partial charge in [-0.2, -0.15) is 0 Å². The number of rotatable bonds is 7.